The van der Waals surface area contributed by atoms with Crippen LogP contribution in [0.4, 0.5) is 0 Å². The van der Waals surface area contributed by atoms with Crippen LogP contribution < -0.4 is 4.74 Å². The Morgan fingerprint density at radius 2 is 2.25 bits per heavy atom. The second kappa shape index (κ2) is 5.00. The zero-order chi connectivity index (χ0) is 11.5. The third kappa shape index (κ3) is 2.46. The van der Waals surface area contributed by atoms with Crippen molar-refractivity contribution in [3.8, 4) is 5.75 Å². The van der Waals surface area contributed by atoms with Crippen molar-refractivity contribution in [2.75, 3.05) is 6.61 Å². The highest BCUT2D eigenvalue weighted by molar-refractivity contribution is 9.10. The standard InChI is InChI=1S/C13H15BrO2/c1-9-5-11(7-15)13(12(14)6-9)16-8-10-3-2-4-10/h5-7,10H,2-4,8H2,1H3. The van der Waals surface area contributed by atoms with Gasteiger partial charge in [-0.1, -0.05) is 6.42 Å². The van der Waals surface area contributed by atoms with Crippen LogP contribution in [0.1, 0.15) is 35.2 Å². The van der Waals surface area contributed by atoms with Gasteiger partial charge in [0.05, 0.1) is 16.6 Å². The van der Waals surface area contributed by atoms with E-state index in [4.69, 9.17) is 4.74 Å². The van der Waals surface area contributed by atoms with Crippen LogP contribution in [0.5, 0.6) is 5.75 Å². The molecule has 0 aliphatic heterocycles. The molecule has 0 N–H and O–H groups in total. The first kappa shape index (κ1) is 11.6. The van der Waals surface area contributed by atoms with Crippen LogP contribution in [0.15, 0.2) is 16.6 Å². The highest BCUT2D eigenvalue weighted by Gasteiger charge is 2.19. The average Bonchev–Trinajstić information content (AvgIpc) is 2.17. The Morgan fingerprint density at radius 3 is 2.81 bits per heavy atom. The molecule has 0 amide bonds. The minimum Gasteiger partial charge on any atom is -0.491 e. The normalized spacial score (nSPS) is 15.6. The summed E-state index contributed by atoms with van der Waals surface area (Å²) in [5.74, 6) is 1.36. The number of aldehydes is 1. The first-order valence-electron chi connectivity index (χ1n) is 5.59. The summed E-state index contributed by atoms with van der Waals surface area (Å²) in [4.78, 5) is 11.0. The number of benzene rings is 1. The Bertz CT molecular complexity index is 397. The molecule has 0 spiro atoms. The molecule has 0 heterocycles. The van der Waals surface area contributed by atoms with E-state index < -0.39 is 0 Å². The summed E-state index contributed by atoms with van der Waals surface area (Å²) >= 11 is 3.44. The minimum atomic E-state index is 0.631. The Balaban J connectivity index is 2.13. The quantitative estimate of drug-likeness (QED) is 0.787. The average molecular weight is 283 g/mol. The molecular weight excluding hydrogens is 268 g/mol. The highest BCUT2D eigenvalue weighted by Crippen LogP contribution is 2.32. The Kier molecular flexibility index (Phi) is 3.64. The van der Waals surface area contributed by atoms with E-state index in [2.05, 4.69) is 15.9 Å². The number of aryl methyl sites for hydroxylation is 1. The van der Waals surface area contributed by atoms with Gasteiger partial charge in [0.25, 0.3) is 0 Å². The molecule has 0 atom stereocenters. The SMILES string of the molecule is Cc1cc(Br)c(OCC2CCC2)c(C=O)c1. The molecule has 1 aromatic rings. The smallest absolute Gasteiger partial charge is 0.153 e. The summed E-state index contributed by atoms with van der Waals surface area (Å²) in [5, 5.41) is 0. The van der Waals surface area contributed by atoms with Gasteiger partial charge in [-0.2, -0.15) is 0 Å². The minimum absolute atomic E-state index is 0.631. The van der Waals surface area contributed by atoms with Gasteiger partial charge in [-0.25, -0.2) is 0 Å². The molecule has 1 fully saturated rings. The van der Waals surface area contributed by atoms with Crippen LogP contribution in [0, 0.1) is 12.8 Å². The molecule has 0 unspecified atom stereocenters. The lowest BCUT2D eigenvalue weighted by Crippen LogP contribution is -2.19. The van der Waals surface area contributed by atoms with Crippen molar-refractivity contribution in [3.05, 3.63) is 27.7 Å². The van der Waals surface area contributed by atoms with Gasteiger partial charge in [0.15, 0.2) is 6.29 Å². The number of hydrogen-bond acceptors (Lipinski definition) is 2. The number of rotatable bonds is 4. The summed E-state index contributed by atoms with van der Waals surface area (Å²) in [7, 11) is 0. The third-order valence-electron chi connectivity index (χ3n) is 3.03. The lowest BCUT2D eigenvalue weighted by atomic mass is 9.86. The number of ether oxygens (including phenoxy) is 1. The molecule has 1 aliphatic rings. The largest absolute Gasteiger partial charge is 0.491 e. The van der Waals surface area contributed by atoms with Crippen molar-refractivity contribution in [1.82, 2.24) is 0 Å². The van der Waals surface area contributed by atoms with E-state index in [1.165, 1.54) is 19.3 Å². The van der Waals surface area contributed by atoms with Gasteiger partial charge in [-0.05, 0) is 59.3 Å². The summed E-state index contributed by atoms with van der Waals surface area (Å²) in [6, 6.07) is 3.83. The predicted octanol–water partition coefficient (Wildman–Crippen LogP) is 3.75. The third-order valence-corrected chi connectivity index (χ3v) is 3.62. The fourth-order valence-corrected chi connectivity index (χ4v) is 2.56. The number of carbonyl (C=O) groups excluding carboxylic acids is 1. The van der Waals surface area contributed by atoms with Crippen molar-refractivity contribution in [2.24, 2.45) is 5.92 Å². The second-order valence-electron chi connectivity index (χ2n) is 4.39. The van der Waals surface area contributed by atoms with E-state index in [0.717, 1.165) is 22.9 Å². The molecule has 1 saturated carbocycles. The monoisotopic (exact) mass is 282 g/mol. The van der Waals surface area contributed by atoms with Gasteiger partial charge in [0.2, 0.25) is 0 Å². The van der Waals surface area contributed by atoms with Crippen molar-refractivity contribution < 1.29 is 9.53 Å². The van der Waals surface area contributed by atoms with Crippen LogP contribution in [-0.2, 0) is 0 Å². The highest BCUT2D eigenvalue weighted by atomic mass is 79.9. The van der Waals surface area contributed by atoms with Crippen LogP contribution in [-0.4, -0.2) is 12.9 Å². The van der Waals surface area contributed by atoms with Gasteiger partial charge >= 0.3 is 0 Å². The van der Waals surface area contributed by atoms with Crippen LogP contribution in [0.25, 0.3) is 0 Å². The number of carbonyl (C=O) groups is 1. The first-order valence-corrected chi connectivity index (χ1v) is 6.38. The molecule has 86 valence electrons. The van der Waals surface area contributed by atoms with Gasteiger partial charge in [0, 0.05) is 0 Å². The van der Waals surface area contributed by atoms with E-state index in [0.29, 0.717) is 17.2 Å². The van der Waals surface area contributed by atoms with Crippen LogP contribution in [0.3, 0.4) is 0 Å². The molecule has 2 rings (SSSR count). The van der Waals surface area contributed by atoms with Crippen molar-refractivity contribution in [1.29, 1.82) is 0 Å². The van der Waals surface area contributed by atoms with Crippen molar-refractivity contribution >= 4 is 22.2 Å². The molecule has 0 saturated heterocycles. The summed E-state index contributed by atoms with van der Waals surface area (Å²) < 4.78 is 6.61. The van der Waals surface area contributed by atoms with Gasteiger partial charge in [-0.3, -0.25) is 4.79 Å². The fraction of sp³-hybridized carbons (Fsp3) is 0.462. The lowest BCUT2D eigenvalue weighted by molar-refractivity contribution is 0.111. The van der Waals surface area contributed by atoms with Gasteiger partial charge in [0.1, 0.15) is 5.75 Å². The molecule has 1 aliphatic carbocycles. The number of hydrogen-bond donors (Lipinski definition) is 0. The number of halogens is 1. The predicted molar refractivity (Wildman–Crippen MR) is 67.1 cm³/mol. The molecule has 3 heteroatoms. The molecule has 1 aromatic carbocycles. The van der Waals surface area contributed by atoms with Gasteiger partial charge < -0.3 is 4.74 Å². The summed E-state index contributed by atoms with van der Waals surface area (Å²) in [6.45, 7) is 2.69. The lowest BCUT2D eigenvalue weighted by Gasteiger charge is -2.25. The van der Waals surface area contributed by atoms with E-state index in [-0.39, 0.29) is 0 Å². The topological polar surface area (TPSA) is 26.3 Å². The Labute approximate surface area is 104 Å². The summed E-state index contributed by atoms with van der Waals surface area (Å²) in [5.41, 5.74) is 1.69. The first-order chi connectivity index (χ1) is 7.70. The van der Waals surface area contributed by atoms with E-state index in [1.807, 2.05) is 19.1 Å². The van der Waals surface area contributed by atoms with E-state index in [9.17, 15) is 4.79 Å². The molecule has 0 radical (unpaired) electrons. The van der Waals surface area contributed by atoms with E-state index >= 15 is 0 Å². The van der Waals surface area contributed by atoms with Crippen LogP contribution in [0.2, 0.25) is 0 Å². The fourth-order valence-electron chi connectivity index (χ4n) is 1.86. The Morgan fingerprint density at radius 1 is 1.50 bits per heavy atom. The zero-order valence-electron chi connectivity index (χ0n) is 9.33. The molecule has 16 heavy (non-hydrogen) atoms. The zero-order valence-corrected chi connectivity index (χ0v) is 10.9. The van der Waals surface area contributed by atoms with E-state index in [1.54, 1.807) is 0 Å². The maximum Gasteiger partial charge on any atom is 0.153 e. The van der Waals surface area contributed by atoms with Crippen molar-refractivity contribution in [2.45, 2.75) is 26.2 Å². The van der Waals surface area contributed by atoms with Crippen molar-refractivity contribution in [3.63, 3.8) is 0 Å². The van der Waals surface area contributed by atoms with Crippen LogP contribution >= 0.6 is 15.9 Å². The maximum atomic E-state index is 11.0. The van der Waals surface area contributed by atoms with Gasteiger partial charge in [-0.15, -0.1) is 0 Å². The molecule has 0 bridgehead atoms. The summed E-state index contributed by atoms with van der Waals surface area (Å²) in [6.07, 6.45) is 4.66. The Hall–Kier alpha value is -0.830. The molecule has 2 nitrogen and oxygen atoms in total. The maximum absolute atomic E-state index is 11.0. The molecular formula is C13H15BrO2. The second-order valence-corrected chi connectivity index (χ2v) is 5.25. The molecule has 0 aromatic heterocycles.